The van der Waals surface area contributed by atoms with Crippen molar-refractivity contribution in [2.45, 2.75) is 6.17 Å². The average Bonchev–Trinajstić information content (AvgIpc) is 3.75. The molecular formula is C47H30N4O. The third-order valence-electron chi connectivity index (χ3n) is 10.4. The first-order chi connectivity index (χ1) is 25.7. The van der Waals surface area contributed by atoms with Crippen molar-refractivity contribution in [3.05, 3.63) is 187 Å². The Morgan fingerprint density at radius 2 is 1.21 bits per heavy atom. The lowest BCUT2D eigenvalue weighted by Crippen LogP contribution is -2.33. The summed E-state index contributed by atoms with van der Waals surface area (Å²) in [6.45, 7) is 0. The van der Waals surface area contributed by atoms with Crippen molar-refractivity contribution in [3.63, 3.8) is 0 Å². The normalized spacial score (nSPS) is 14.7. The fraction of sp³-hybridized carbons (Fsp3) is 0.0213. The molecule has 5 heteroatoms. The first kappa shape index (κ1) is 28.8. The van der Waals surface area contributed by atoms with Crippen molar-refractivity contribution in [3.8, 4) is 5.69 Å². The Balaban J connectivity index is 1.05. The van der Waals surface area contributed by atoms with Crippen LogP contribution in [0.15, 0.2) is 184 Å². The molecule has 0 bridgehead atoms. The maximum atomic E-state index is 6.12. The van der Waals surface area contributed by atoms with Crippen LogP contribution in [0.5, 0.6) is 0 Å². The summed E-state index contributed by atoms with van der Waals surface area (Å²) in [6, 6.07) is 59.9. The summed E-state index contributed by atoms with van der Waals surface area (Å²) >= 11 is 0. The summed E-state index contributed by atoms with van der Waals surface area (Å²) in [5, 5.41) is 13.3. The largest absolute Gasteiger partial charge is 0.456 e. The van der Waals surface area contributed by atoms with Crippen LogP contribution in [-0.4, -0.2) is 16.2 Å². The Bertz CT molecular complexity index is 3100. The lowest BCUT2D eigenvalue weighted by molar-refractivity contribution is 0.668. The highest BCUT2D eigenvalue weighted by Gasteiger charge is 2.23. The predicted octanol–water partition coefficient (Wildman–Crippen LogP) is 11.5. The molecule has 0 fully saturated rings. The molecule has 1 unspecified atom stereocenters. The van der Waals surface area contributed by atoms with Crippen LogP contribution < -0.4 is 5.32 Å². The zero-order valence-corrected chi connectivity index (χ0v) is 28.0. The molecule has 0 amide bonds. The molecule has 0 saturated carbocycles. The van der Waals surface area contributed by atoms with Crippen molar-refractivity contribution < 1.29 is 4.42 Å². The minimum Gasteiger partial charge on any atom is -0.456 e. The number of rotatable bonds is 4. The number of nitrogens with zero attached hydrogens (tertiary/aromatic N) is 3. The molecule has 0 aliphatic carbocycles. The van der Waals surface area contributed by atoms with Crippen LogP contribution in [-0.2, 0) is 0 Å². The maximum Gasteiger partial charge on any atom is 0.159 e. The van der Waals surface area contributed by atoms with Crippen molar-refractivity contribution in [2.24, 2.45) is 9.98 Å². The Morgan fingerprint density at radius 3 is 2.06 bits per heavy atom. The second-order valence-electron chi connectivity index (χ2n) is 13.5. The number of benzene rings is 8. The van der Waals surface area contributed by atoms with E-state index in [-0.39, 0.29) is 6.17 Å². The smallest absolute Gasteiger partial charge is 0.159 e. The van der Waals surface area contributed by atoms with Crippen molar-refractivity contribution >= 4 is 77.0 Å². The van der Waals surface area contributed by atoms with E-state index in [1.54, 1.807) is 0 Å². The number of furan rings is 1. The summed E-state index contributed by atoms with van der Waals surface area (Å²) in [4.78, 5) is 10.3. The summed E-state index contributed by atoms with van der Waals surface area (Å²) in [5.74, 6) is 1.47. The zero-order valence-electron chi connectivity index (χ0n) is 28.0. The van der Waals surface area contributed by atoms with E-state index in [2.05, 4.69) is 137 Å². The minimum absolute atomic E-state index is 0.334. The van der Waals surface area contributed by atoms with Gasteiger partial charge in [-0.1, -0.05) is 115 Å². The highest BCUT2D eigenvalue weighted by atomic mass is 16.3. The molecule has 1 atom stereocenters. The van der Waals surface area contributed by atoms with Gasteiger partial charge in [-0.25, -0.2) is 9.98 Å². The van der Waals surface area contributed by atoms with E-state index in [4.69, 9.17) is 14.4 Å². The molecule has 244 valence electrons. The number of nitrogens with one attached hydrogen (secondary N) is 1. The van der Waals surface area contributed by atoms with Gasteiger partial charge in [-0.2, -0.15) is 0 Å². The van der Waals surface area contributed by atoms with E-state index >= 15 is 0 Å². The van der Waals surface area contributed by atoms with Crippen molar-refractivity contribution in [2.75, 3.05) is 0 Å². The van der Waals surface area contributed by atoms with Gasteiger partial charge in [0.1, 0.15) is 23.2 Å². The fourth-order valence-electron chi connectivity index (χ4n) is 7.91. The lowest BCUT2D eigenvalue weighted by atomic mass is 10.0. The summed E-state index contributed by atoms with van der Waals surface area (Å²) < 4.78 is 8.52. The topological polar surface area (TPSA) is 54.8 Å². The van der Waals surface area contributed by atoms with Gasteiger partial charge in [0.15, 0.2) is 5.84 Å². The van der Waals surface area contributed by atoms with Gasteiger partial charge >= 0.3 is 0 Å². The van der Waals surface area contributed by atoms with Gasteiger partial charge in [-0.3, -0.25) is 0 Å². The van der Waals surface area contributed by atoms with E-state index < -0.39 is 0 Å². The standard InChI is InChI=1S/C47H30N4O/c1-2-11-30(12-3-1)45-48-46(50-47(49-45)34-21-25-43-38(27-34)37-16-8-9-17-42(37)52-43)31-18-22-35(23-19-31)51-40-24-20-29-10-6-7-15-36(29)44(40)39-26-32-13-4-5-14-33(32)28-41(39)51/h1-28,46H,(H,48,49,50). The Morgan fingerprint density at radius 1 is 0.500 bits per heavy atom. The third-order valence-corrected chi connectivity index (χ3v) is 10.4. The first-order valence-corrected chi connectivity index (χ1v) is 17.6. The number of amidine groups is 2. The van der Waals surface area contributed by atoms with Gasteiger partial charge in [0.25, 0.3) is 0 Å². The van der Waals surface area contributed by atoms with Crippen molar-refractivity contribution in [1.82, 2.24) is 9.88 Å². The number of hydrogen-bond acceptors (Lipinski definition) is 4. The maximum absolute atomic E-state index is 6.12. The number of para-hydroxylation sites is 1. The zero-order chi connectivity index (χ0) is 34.2. The summed E-state index contributed by atoms with van der Waals surface area (Å²) in [5.41, 5.74) is 8.21. The molecule has 5 nitrogen and oxygen atoms in total. The number of aliphatic imine (C=N–C) groups is 2. The molecule has 3 heterocycles. The average molecular weight is 667 g/mol. The molecule has 1 aliphatic rings. The monoisotopic (exact) mass is 666 g/mol. The lowest BCUT2D eigenvalue weighted by Gasteiger charge is -2.24. The second-order valence-corrected chi connectivity index (χ2v) is 13.5. The highest BCUT2D eigenvalue weighted by molar-refractivity contribution is 6.23. The van der Waals surface area contributed by atoms with Gasteiger partial charge in [0.2, 0.25) is 0 Å². The number of hydrogen-bond donors (Lipinski definition) is 1. The van der Waals surface area contributed by atoms with Crippen LogP contribution in [0.1, 0.15) is 22.9 Å². The molecular weight excluding hydrogens is 637 g/mol. The van der Waals surface area contributed by atoms with Crippen LogP contribution in [0, 0.1) is 0 Å². The van der Waals surface area contributed by atoms with E-state index in [9.17, 15) is 0 Å². The summed E-state index contributed by atoms with van der Waals surface area (Å²) in [6.07, 6.45) is -0.334. The third kappa shape index (κ3) is 4.49. The molecule has 52 heavy (non-hydrogen) atoms. The van der Waals surface area contributed by atoms with Gasteiger partial charge in [-0.15, -0.1) is 0 Å². The number of aromatic nitrogens is 1. The molecule has 0 radical (unpaired) electrons. The highest BCUT2D eigenvalue weighted by Crippen LogP contribution is 2.39. The predicted molar refractivity (Wildman–Crippen MR) is 215 cm³/mol. The van der Waals surface area contributed by atoms with Crippen LogP contribution in [0.2, 0.25) is 0 Å². The molecule has 11 rings (SSSR count). The Hall–Kier alpha value is -6.98. The van der Waals surface area contributed by atoms with Crippen LogP contribution in [0.4, 0.5) is 0 Å². The van der Waals surface area contributed by atoms with Gasteiger partial charge in [-0.05, 0) is 81.7 Å². The van der Waals surface area contributed by atoms with Crippen LogP contribution in [0.3, 0.4) is 0 Å². The first-order valence-electron chi connectivity index (χ1n) is 17.6. The number of fused-ring (bicyclic) bond motifs is 9. The van der Waals surface area contributed by atoms with E-state index in [0.29, 0.717) is 5.84 Å². The SMILES string of the molecule is c1ccc(C2=NC(c3ccc4oc5ccccc5c4c3)=NC(c3ccc(-n4c5cc6ccccc6cc5c5c6ccccc6ccc54)cc3)N2)cc1. The molecule has 10 aromatic rings. The molecule has 0 spiro atoms. The van der Waals surface area contributed by atoms with Gasteiger partial charge in [0.05, 0.1) is 11.0 Å². The van der Waals surface area contributed by atoms with E-state index in [0.717, 1.165) is 50.2 Å². The van der Waals surface area contributed by atoms with E-state index in [1.165, 1.54) is 43.4 Å². The summed E-state index contributed by atoms with van der Waals surface area (Å²) in [7, 11) is 0. The van der Waals surface area contributed by atoms with Crippen LogP contribution in [0.25, 0.3) is 71.0 Å². The van der Waals surface area contributed by atoms with Gasteiger partial charge < -0.3 is 14.3 Å². The second kappa shape index (κ2) is 11.3. The molecule has 1 N–H and O–H groups in total. The van der Waals surface area contributed by atoms with Gasteiger partial charge in [0, 0.05) is 38.4 Å². The quantitative estimate of drug-likeness (QED) is 0.203. The molecule has 1 aliphatic heterocycles. The Labute approximate surface area is 298 Å². The molecule has 2 aromatic heterocycles. The van der Waals surface area contributed by atoms with Crippen LogP contribution >= 0.6 is 0 Å². The minimum atomic E-state index is -0.334. The molecule has 0 saturated heterocycles. The van der Waals surface area contributed by atoms with Crippen molar-refractivity contribution in [1.29, 1.82) is 0 Å². The van der Waals surface area contributed by atoms with E-state index in [1.807, 2.05) is 42.5 Å². The fourth-order valence-corrected chi connectivity index (χ4v) is 7.91. The molecule has 8 aromatic carbocycles. The Kier molecular flexibility index (Phi) is 6.25.